The van der Waals surface area contributed by atoms with Crippen molar-refractivity contribution in [2.45, 2.75) is 45.1 Å². The van der Waals surface area contributed by atoms with E-state index in [-0.39, 0.29) is 24.4 Å². The number of carbonyl (C=O) groups is 1. The highest BCUT2D eigenvalue weighted by molar-refractivity contribution is 5.85. The molecule has 2 N–H and O–H groups in total. The maximum atomic E-state index is 12.3. The first-order chi connectivity index (χ1) is 9.58. The summed E-state index contributed by atoms with van der Waals surface area (Å²) in [5, 5.41) is 0. The molecule has 3 nitrogen and oxygen atoms in total. The number of amides is 1. The molecule has 21 heavy (non-hydrogen) atoms. The lowest BCUT2D eigenvalue weighted by Crippen LogP contribution is -2.47. The van der Waals surface area contributed by atoms with Crippen molar-refractivity contribution in [1.82, 2.24) is 4.90 Å². The molecule has 2 rings (SSSR count). The number of hydrogen-bond donors (Lipinski definition) is 1. The Hall–Kier alpha value is -1.06. The lowest BCUT2D eigenvalue weighted by atomic mass is 9.89. The van der Waals surface area contributed by atoms with Crippen LogP contribution in [0.3, 0.4) is 0 Å². The average molecular weight is 311 g/mol. The predicted molar refractivity (Wildman–Crippen MR) is 89.7 cm³/mol. The zero-order valence-electron chi connectivity index (χ0n) is 13.0. The minimum Gasteiger partial charge on any atom is -0.341 e. The van der Waals surface area contributed by atoms with Gasteiger partial charge >= 0.3 is 0 Å². The third kappa shape index (κ3) is 5.01. The molecular formula is C17H27ClN2O. The van der Waals surface area contributed by atoms with Crippen LogP contribution in [0.1, 0.15) is 44.6 Å². The van der Waals surface area contributed by atoms with Crippen molar-refractivity contribution < 1.29 is 4.79 Å². The van der Waals surface area contributed by atoms with Crippen molar-refractivity contribution >= 4 is 18.3 Å². The number of hydrogen-bond acceptors (Lipinski definition) is 2. The highest BCUT2D eigenvalue weighted by Gasteiger charge is 2.27. The maximum Gasteiger partial charge on any atom is 0.239 e. The fourth-order valence-corrected chi connectivity index (χ4v) is 3.00. The number of piperidine rings is 1. The Labute approximate surface area is 134 Å². The van der Waals surface area contributed by atoms with Crippen LogP contribution in [-0.4, -0.2) is 29.9 Å². The summed E-state index contributed by atoms with van der Waals surface area (Å²) < 4.78 is 0. The molecule has 1 aliphatic rings. The van der Waals surface area contributed by atoms with Crippen LogP contribution in [0.15, 0.2) is 30.3 Å². The summed E-state index contributed by atoms with van der Waals surface area (Å²) >= 11 is 0. The van der Waals surface area contributed by atoms with Crippen molar-refractivity contribution in [3.8, 4) is 0 Å². The number of benzene rings is 1. The van der Waals surface area contributed by atoms with Gasteiger partial charge in [-0.05, 0) is 36.7 Å². The van der Waals surface area contributed by atoms with Crippen LogP contribution in [-0.2, 0) is 4.79 Å². The molecule has 1 saturated heterocycles. The summed E-state index contributed by atoms with van der Waals surface area (Å²) in [6.45, 7) is 5.89. The summed E-state index contributed by atoms with van der Waals surface area (Å²) in [4.78, 5) is 14.2. The van der Waals surface area contributed by atoms with E-state index in [1.54, 1.807) is 0 Å². The van der Waals surface area contributed by atoms with Gasteiger partial charge in [0.1, 0.15) is 0 Å². The summed E-state index contributed by atoms with van der Waals surface area (Å²) in [6.07, 6.45) is 2.87. The first-order valence-corrected chi connectivity index (χ1v) is 7.67. The molecule has 1 heterocycles. The largest absolute Gasteiger partial charge is 0.341 e. The molecule has 1 aliphatic heterocycles. The van der Waals surface area contributed by atoms with Gasteiger partial charge in [-0.25, -0.2) is 0 Å². The molecular weight excluding hydrogens is 284 g/mol. The van der Waals surface area contributed by atoms with Gasteiger partial charge < -0.3 is 10.6 Å². The van der Waals surface area contributed by atoms with Crippen LogP contribution in [0.5, 0.6) is 0 Å². The maximum absolute atomic E-state index is 12.3. The van der Waals surface area contributed by atoms with Crippen LogP contribution in [0.4, 0.5) is 0 Å². The molecule has 1 aromatic rings. The lowest BCUT2D eigenvalue weighted by molar-refractivity contribution is -0.134. The molecule has 0 radical (unpaired) electrons. The van der Waals surface area contributed by atoms with Gasteiger partial charge in [0.15, 0.2) is 0 Å². The number of carbonyl (C=O) groups excluding carboxylic acids is 1. The lowest BCUT2D eigenvalue weighted by Gasteiger charge is -2.34. The van der Waals surface area contributed by atoms with Gasteiger partial charge in [-0.15, -0.1) is 12.4 Å². The standard InChI is InChI=1S/C17H26N2O.ClH/c1-13(2)12-16(18)17(20)19-10-8-15(9-11-19)14-6-4-3-5-7-14;/h3-7,13,15-16H,8-12,18H2,1-2H3;1H/t16-;/m0./s1. The van der Waals surface area contributed by atoms with Crippen molar-refractivity contribution in [2.75, 3.05) is 13.1 Å². The zero-order chi connectivity index (χ0) is 14.5. The van der Waals surface area contributed by atoms with Gasteiger partial charge in [0.25, 0.3) is 0 Å². The minimum absolute atomic E-state index is 0. The second-order valence-corrected chi connectivity index (χ2v) is 6.25. The molecule has 118 valence electrons. The normalized spacial score (nSPS) is 17.4. The SMILES string of the molecule is CC(C)C[C@H](N)C(=O)N1CCC(c2ccccc2)CC1.Cl. The van der Waals surface area contributed by atoms with E-state index >= 15 is 0 Å². The van der Waals surface area contributed by atoms with Gasteiger partial charge in [0, 0.05) is 13.1 Å². The van der Waals surface area contributed by atoms with Crippen LogP contribution >= 0.6 is 12.4 Å². The number of likely N-dealkylation sites (tertiary alicyclic amines) is 1. The highest BCUT2D eigenvalue weighted by Crippen LogP contribution is 2.28. The second kappa shape index (κ2) is 8.40. The Morgan fingerprint density at radius 3 is 2.33 bits per heavy atom. The number of nitrogens with zero attached hydrogens (tertiary/aromatic N) is 1. The smallest absolute Gasteiger partial charge is 0.239 e. The highest BCUT2D eigenvalue weighted by atomic mass is 35.5. The molecule has 1 aromatic carbocycles. The van der Waals surface area contributed by atoms with Crippen LogP contribution in [0.2, 0.25) is 0 Å². The van der Waals surface area contributed by atoms with E-state index in [2.05, 4.69) is 38.1 Å². The van der Waals surface area contributed by atoms with E-state index in [0.29, 0.717) is 11.8 Å². The van der Waals surface area contributed by atoms with Crippen LogP contribution in [0, 0.1) is 5.92 Å². The quantitative estimate of drug-likeness (QED) is 0.928. The van der Waals surface area contributed by atoms with E-state index in [1.165, 1.54) is 5.56 Å². The topological polar surface area (TPSA) is 46.3 Å². The van der Waals surface area contributed by atoms with E-state index < -0.39 is 0 Å². The monoisotopic (exact) mass is 310 g/mol. The molecule has 0 bridgehead atoms. The van der Waals surface area contributed by atoms with Gasteiger partial charge in [0.05, 0.1) is 6.04 Å². The Morgan fingerprint density at radius 1 is 1.24 bits per heavy atom. The second-order valence-electron chi connectivity index (χ2n) is 6.25. The molecule has 0 spiro atoms. The van der Waals surface area contributed by atoms with Gasteiger partial charge in [-0.2, -0.15) is 0 Å². The van der Waals surface area contributed by atoms with Crippen molar-refractivity contribution in [1.29, 1.82) is 0 Å². The average Bonchev–Trinajstić information content (AvgIpc) is 2.47. The summed E-state index contributed by atoms with van der Waals surface area (Å²) in [6, 6.07) is 10.3. The van der Waals surface area contributed by atoms with Gasteiger partial charge in [-0.1, -0.05) is 44.2 Å². The van der Waals surface area contributed by atoms with E-state index in [4.69, 9.17) is 5.73 Å². The van der Waals surface area contributed by atoms with Crippen molar-refractivity contribution in [3.05, 3.63) is 35.9 Å². The van der Waals surface area contributed by atoms with Crippen molar-refractivity contribution in [3.63, 3.8) is 0 Å². The van der Waals surface area contributed by atoms with E-state index in [0.717, 1.165) is 32.4 Å². The Balaban J connectivity index is 0.00000220. The fourth-order valence-electron chi connectivity index (χ4n) is 3.00. The Morgan fingerprint density at radius 2 is 1.81 bits per heavy atom. The first kappa shape index (κ1) is 18.0. The molecule has 0 saturated carbocycles. The van der Waals surface area contributed by atoms with Gasteiger partial charge in [0.2, 0.25) is 5.91 Å². The molecule has 0 unspecified atom stereocenters. The van der Waals surface area contributed by atoms with Crippen molar-refractivity contribution in [2.24, 2.45) is 11.7 Å². The molecule has 0 aromatic heterocycles. The Bertz CT molecular complexity index is 428. The first-order valence-electron chi connectivity index (χ1n) is 7.67. The third-order valence-electron chi connectivity index (χ3n) is 4.12. The van der Waals surface area contributed by atoms with E-state index in [1.807, 2.05) is 11.0 Å². The summed E-state index contributed by atoms with van der Waals surface area (Å²) in [5.74, 6) is 1.18. The van der Waals surface area contributed by atoms with Gasteiger partial charge in [-0.3, -0.25) is 4.79 Å². The molecule has 4 heteroatoms. The number of rotatable bonds is 4. The van der Waals surface area contributed by atoms with Crippen LogP contribution < -0.4 is 5.73 Å². The number of nitrogens with two attached hydrogens (primary N) is 1. The molecule has 1 amide bonds. The summed E-state index contributed by atoms with van der Waals surface area (Å²) in [7, 11) is 0. The molecule has 1 fully saturated rings. The zero-order valence-corrected chi connectivity index (χ0v) is 13.8. The van der Waals surface area contributed by atoms with Crippen LogP contribution in [0.25, 0.3) is 0 Å². The minimum atomic E-state index is -0.330. The molecule has 1 atom stereocenters. The third-order valence-corrected chi connectivity index (χ3v) is 4.12. The predicted octanol–water partition coefficient (Wildman–Crippen LogP) is 3.19. The number of halogens is 1. The fraction of sp³-hybridized carbons (Fsp3) is 0.588. The molecule has 0 aliphatic carbocycles. The van der Waals surface area contributed by atoms with E-state index in [9.17, 15) is 4.79 Å². The summed E-state index contributed by atoms with van der Waals surface area (Å²) in [5.41, 5.74) is 7.40. The Kier molecular flexibility index (Phi) is 7.20.